The summed E-state index contributed by atoms with van der Waals surface area (Å²) in [6.07, 6.45) is 0.627. The lowest BCUT2D eigenvalue weighted by Crippen LogP contribution is -2.02. The van der Waals surface area contributed by atoms with Crippen molar-refractivity contribution in [3.63, 3.8) is 0 Å². The number of hydrogen-bond donors (Lipinski definition) is 1. The topological polar surface area (TPSA) is 61.3 Å². The summed E-state index contributed by atoms with van der Waals surface area (Å²) in [4.78, 5) is 5.23. The average Bonchev–Trinajstić information content (AvgIpc) is 2.84. The molecule has 80 valence electrons. The third-order valence-electron chi connectivity index (χ3n) is 1.94. The Bertz CT molecular complexity index is 423. The van der Waals surface area contributed by atoms with Crippen molar-refractivity contribution in [1.29, 1.82) is 0 Å². The van der Waals surface area contributed by atoms with E-state index in [0.717, 1.165) is 4.88 Å². The monoisotopic (exact) mass is 224 g/mol. The van der Waals surface area contributed by atoms with Gasteiger partial charge in [0.05, 0.1) is 12.0 Å². The molecule has 0 saturated heterocycles. The predicted octanol–water partition coefficient (Wildman–Crippen LogP) is 1.91. The van der Waals surface area contributed by atoms with E-state index >= 15 is 0 Å². The number of oxazole rings is 1. The van der Waals surface area contributed by atoms with Crippen molar-refractivity contribution in [3.8, 4) is 16.5 Å². The molecule has 0 fully saturated rings. The first-order valence-corrected chi connectivity index (χ1v) is 5.50. The molecule has 0 radical (unpaired) electrons. The van der Waals surface area contributed by atoms with Crippen LogP contribution >= 0.6 is 11.3 Å². The summed E-state index contributed by atoms with van der Waals surface area (Å²) >= 11 is 1.59. The molecule has 4 nitrogen and oxygen atoms in total. The Morgan fingerprint density at radius 2 is 2.47 bits per heavy atom. The Balaban J connectivity index is 2.37. The van der Waals surface area contributed by atoms with Crippen LogP contribution in [0.5, 0.6) is 5.88 Å². The number of ether oxygens (including phenoxy) is 1. The normalized spacial score (nSPS) is 10.5. The third kappa shape index (κ3) is 2.03. The molecule has 15 heavy (non-hydrogen) atoms. The first-order chi connectivity index (χ1) is 7.35. The minimum atomic E-state index is 0.521. The van der Waals surface area contributed by atoms with Gasteiger partial charge < -0.3 is 14.9 Å². The zero-order chi connectivity index (χ0) is 10.7. The van der Waals surface area contributed by atoms with E-state index in [9.17, 15) is 0 Å². The van der Waals surface area contributed by atoms with Gasteiger partial charge in [-0.1, -0.05) is 6.07 Å². The van der Waals surface area contributed by atoms with Crippen molar-refractivity contribution >= 4 is 11.3 Å². The largest absolute Gasteiger partial charge is 0.478 e. The molecule has 5 heteroatoms. The van der Waals surface area contributed by atoms with Gasteiger partial charge in [0.25, 0.3) is 5.88 Å². The molecule has 2 aromatic rings. The second-order valence-electron chi connectivity index (χ2n) is 2.96. The lowest BCUT2D eigenvalue weighted by Gasteiger charge is -1.94. The number of nitrogens with zero attached hydrogens (tertiary/aromatic N) is 1. The fourth-order valence-electron chi connectivity index (χ4n) is 1.28. The Kier molecular flexibility index (Phi) is 3.03. The highest BCUT2D eigenvalue weighted by Crippen LogP contribution is 2.33. The SMILES string of the molecule is COc1nc(CCN)oc1-c1cccs1. The number of hydrogen-bond acceptors (Lipinski definition) is 5. The second-order valence-corrected chi connectivity index (χ2v) is 3.91. The minimum Gasteiger partial charge on any atom is -0.478 e. The predicted molar refractivity (Wildman–Crippen MR) is 59.1 cm³/mol. The van der Waals surface area contributed by atoms with Crippen molar-refractivity contribution in [2.45, 2.75) is 6.42 Å². The van der Waals surface area contributed by atoms with Crippen LogP contribution in [0.15, 0.2) is 21.9 Å². The van der Waals surface area contributed by atoms with Crippen LogP contribution in [0.3, 0.4) is 0 Å². The van der Waals surface area contributed by atoms with Crippen LogP contribution < -0.4 is 10.5 Å². The molecule has 0 spiro atoms. The van der Waals surface area contributed by atoms with Gasteiger partial charge in [-0.15, -0.1) is 11.3 Å². The molecular formula is C10H12N2O2S. The van der Waals surface area contributed by atoms with Crippen LogP contribution in [0.2, 0.25) is 0 Å². The van der Waals surface area contributed by atoms with Crippen LogP contribution in [0.4, 0.5) is 0 Å². The summed E-state index contributed by atoms with van der Waals surface area (Å²) in [6.45, 7) is 0.521. The lowest BCUT2D eigenvalue weighted by atomic mass is 10.4. The average molecular weight is 224 g/mol. The summed E-state index contributed by atoms with van der Waals surface area (Å²) in [5.74, 6) is 1.84. The maximum atomic E-state index is 5.58. The molecule has 0 bridgehead atoms. The van der Waals surface area contributed by atoms with Crippen LogP contribution in [-0.4, -0.2) is 18.6 Å². The van der Waals surface area contributed by atoms with Crippen molar-refractivity contribution in [1.82, 2.24) is 4.98 Å². The molecule has 0 saturated carbocycles. The quantitative estimate of drug-likeness (QED) is 0.861. The van der Waals surface area contributed by atoms with Gasteiger partial charge in [-0.3, -0.25) is 0 Å². The Labute approximate surface area is 91.7 Å². The van der Waals surface area contributed by atoms with Crippen molar-refractivity contribution in [3.05, 3.63) is 23.4 Å². The lowest BCUT2D eigenvalue weighted by molar-refractivity contribution is 0.399. The van der Waals surface area contributed by atoms with Gasteiger partial charge in [0.1, 0.15) is 0 Å². The highest BCUT2D eigenvalue weighted by atomic mass is 32.1. The molecule has 2 N–H and O–H groups in total. The van der Waals surface area contributed by atoms with Crippen molar-refractivity contribution in [2.75, 3.05) is 13.7 Å². The zero-order valence-electron chi connectivity index (χ0n) is 8.40. The first kappa shape index (κ1) is 10.2. The molecule has 0 aromatic carbocycles. The number of methoxy groups -OCH3 is 1. The van der Waals surface area contributed by atoms with E-state index in [4.69, 9.17) is 14.9 Å². The molecule has 2 heterocycles. The molecule has 0 aliphatic carbocycles. The summed E-state index contributed by atoms with van der Waals surface area (Å²) < 4.78 is 10.7. The first-order valence-electron chi connectivity index (χ1n) is 4.62. The molecule has 0 atom stereocenters. The van der Waals surface area contributed by atoms with Gasteiger partial charge in [-0.25, -0.2) is 0 Å². The summed E-state index contributed by atoms with van der Waals surface area (Å²) in [7, 11) is 1.58. The fourth-order valence-corrected chi connectivity index (χ4v) is 1.98. The number of nitrogens with two attached hydrogens (primary N) is 1. The van der Waals surface area contributed by atoms with E-state index in [0.29, 0.717) is 30.5 Å². The molecule has 2 aromatic heterocycles. The Morgan fingerprint density at radius 3 is 3.07 bits per heavy atom. The number of aromatic nitrogens is 1. The second kappa shape index (κ2) is 4.46. The molecule has 0 aliphatic heterocycles. The van der Waals surface area contributed by atoms with E-state index in [-0.39, 0.29) is 0 Å². The number of rotatable bonds is 4. The van der Waals surface area contributed by atoms with Crippen LogP contribution in [0.1, 0.15) is 5.89 Å². The van der Waals surface area contributed by atoms with Gasteiger partial charge >= 0.3 is 0 Å². The Hall–Kier alpha value is -1.33. The summed E-state index contributed by atoms with van der Waals surface area (Å²) in [5, 5.41) is 1.99. The molecule has 0 amide bonds. The van der Waals surface area contributed by atoms with Crippen LogP contribution in [0.25, 0.3) is 10.6 Å². The molecule has 2 rings (SSSR count). The summed E-state index contributed by atoms with van der Waals surface area (Å²) in [5.41, 5.74) is 5.44. The van der Waals surface area contributed by atoms with Gasteiger partial charge in [0.2, 0.25) is 5.76 Å². The fraction of sp³-hybridized carbons (Fsp3) is 0.300. The van der Waals surface area contributed by atoms with E-state index in [1.807, 2.05) is 17.5 Å². The minimum absolute atomic E-state index is 0.521. The summed E-state index contributed by atoms with van der Waals surface area (Å²) in [6, 6.07) is 3.94. The van der Waals surface area contributed by atoms with Crippen molar-refractivity contribution in [2.24, 2.45) is 5.73 Å². The van der Waals surface area contributed by atoms with Gasteiger partial charge in [-0.05, 0) is 11.4 Å². The number of thiophene rings is 1. The molecule has 0 unspecified atom stereocenters. The Morgan fingerprint density at radius 1 is 1.60 bits per heavy atom. The zero-order valence-corrected chi connectivity index (χ0v) is 9.21. The van der Waals surface area contributed by atoms with Crippen LogP contribution in [-0.2, 0) is 6.42 Å². The standard InChI is InChI=1S/C10H12N2O2S/c1-13-10-9(7-3-2-6-15-7)14-8(12-10)4-5-11/h2-3,6H,4-5,11H2,1H3. The van der Waals surface area contributed by atoms with Gasteiger partial charge in [-0.2, -0.15) is 4.98 Å². The third-order valence-corrected chi connectivity index (χ3v) is 2.81. The molecular weight excluding hydrogens is 212 g/mol. The highest BCUT2D eigenvalue weighted by molar-refractivity contribution is 7.13. The smallest absolute Gasteiger partial charge is 0.262 e. The van der Waals surface area contributed by atoms with Crippen molar-refractivity contribution < 1.29 is 9.15 Å². The van der Waals surface area contributed by atoms with Crippen LogP contribution in [0, 0.1) is 0 Å². The van der Waals surface area contributed by atoms with E-state index in [1.165, 1.54) is 0 Å². The van der Waals surface area contributed by atoms with E-state index in [1.54, 1.807) is 18.4 Å². The maximum absolute atomic E-state index is 5.58. The highest BCUT2D eigenvalue weighted by Gasteiger charge is 2.15. The van der Waals surface area contributed by atoms with Gasteiger partial charge in [0, 0.05) is 13.0 Å². The van der Waals surface area contributed by atoms with Gasteiger partial charge in [0.15, 0.2) is 5.89 Å². The van der Waals surface area contributed by atoms with E-state index < -0.39 is 0 Å². The molecule has 0 aliphatic rings. The maximum Gasteiger partial charge on any atom is 0.262 e. The van der Waals surface area contributed by atoms with E-state index in [2.05, 4.69) is 4.98 Å².